The predicted molar refractivity (Wildman–Crippen MR) is 84.9 cm³/mol. The van der Waals surface area contributed by atoms with Crippen LogP contribution in [0.3, 0.4) is 0 Å². The zero-order chi connectivity index (χ0) is 16.0. The molecule has 7 heteroatoms. The van der Waals surface area contributed by atoms with Crippen LogP contribution in [0, 0.1) is 0 Å². The summed E-state index contributed by atoms with van der Waals surface area (Å²) in [5.74, 6) is -0.312. The molecule has 0 unspecified atom stereocenters. The van der Waals surface area contributed by atoms with Crippen LogP contribution < -0.4 is 16.6 Å². The Labute approximate surface area is 130 Å². The number of amides is 1. The van der Waals surface area contributed by atoms with Gasteiger partial charge in [-0.15, -0.1) is 0 Å². The fraction of sp³-hybridized carbons (Fsp3) is 0.133. The van der Waals surface area contributed by atoms with Crippen molar-refractivity contribution in [2.45, 2.75) is 0 Å². The summed E-state index contributed by atoms with van der Waals surface area (Å²) < 4.78 is 2.30. The molecule has 0 spiro atoms. The zero-order valence-electron chi connectivity index (χ0n) is 11.9. The highest BCUT2D eigenvalue weighted by Gasteiger charge is 2.24. The number of carbonyl (C=O) groups is 1. The molecule has 1 aromatic carbocycles. The standard InChI is InChI=1S/C15H12ClN3O3/c1-18-7-8(14(21)19(2)15(18)22)5-11-10-4-3-9(16)6-12(10)17-13(11)20/h3-7H,1-2H3,(H,17,20). The molecule has 2 heterocycles. The average molecular weight is 318 g/mol. The third-order valence-electron chi connectivity index (χ3n) is 3.54. The highest BCUT2D eigenvalue weighted by atomic mass is 35.5. The van der Waals surface area contributed by atoms with Gasteiger partial charge in [-0.1, -0.05) is 17.7 Å². The normalized spacial score (nSPS) is 15.0. The highest BCUT2D eigenvalue weighted by molar-refractivity contribution is 6.36. The number of hydrogen-bond acceptors (Lipinski definition) is 3. The van der Waals surface area contributed by atoms with Gasteiger partial charge < -0.3 is 9.88 Å². The van der Waals surface area contributed by atoms with Crippen molar-refractivity contribution in [3.8, 4) is 0 Å². The Balaban J connectivity index is 2.21. The summed E-state index contributed by atoms with van der Waals surface area (Å²) in [6, 6.07) is 5.04. The molecule has 22 heavy (non-hydrogen) atoms. The van der Waals surface area contributed by atoms with Gasteiger partial charge in [-0.05, 0) is 18.2 Å². The molecule has 0 atom stereocenters. The Kier molecular flexibility index (Phi) is 3.26. The molecule has 0 aliphatic carbocycles. The van der Waals surface area contributed by atoms with E-state index in [1.165, 1.54) is 23.9 Å². The Hall–Kier alpha value is -2.60. The van der Waals surface area contributed by atoms with Crippen LogP contribution in [0.25, 0.3) is 11.6 Å². The maximum absolute atomic E-state index is 12.2. The molecular weight excluding hydrogens is 306 g/mol. The van der Waals surface area contributed by atoms with Crippen molar-refractivity contribution in [3.05, 3.63) is 61.4 Å². The topological polar surface area (TPSA) is 73.1 Å². The average Bonchev–Trinajstić information content (AvgIpc) is 2.77. The lowest BCUT2D eigenvalue weighted by Gasteiger charge is -2.04. The molecule has 2 aromatic rings. The van der Waals surface area contributed by atoms with Crippen LogP contribution in [0.4, 0.5) is 5.69 Å². The lowest BCUT2D eigenvalue weighted by Crippen LogP contribution is -2.37. The highest BCUT2D eigenvalue weighted by Crippen LogP contribution is 2.34. The van der Waals surface area contributed by atoms with Crippen molar-refractivity contribution < 1.29 is 4.79 Å². The van der Waals surface area contributed by atoms with E-state index >= 15 is 0 Å². The van der Waals surface area contributed by atoms with Gasteiger partial charge in [0.2, 0.25) is 0 Å². The Morgan fingerprint density at radius 1 is 1.18 bits per heavy atom. The molecular formula is C15H12ClN3O3. The van der Waals surface area contributed by atoms with Gasteiger partial charge in [-0.2, -0.15) is 0 Å². The predicted octanol–water partition coefficient (Wildman–Crippen LogP) is 1.23. The largest absolute Gasteiger partial charge is 0.330 e. The number of aryl methyl sites for hydroxylation is 1. The first-order valence-corrected chi connectivity index (χ1v) is 6.86. The smallest absolute Gasteiger partial charge is 0.321 e. The van der Waals surface area contributed by atoms with Crippen molar-refractivity contribution in [3.63, 3.8) is 0 Å². The van der Waals surface area contributed by atoms with Crippen molar-refractivity contribution in [2.75, 3.05) is 5.32 Å². The molecule has 0 fully saturated rings. The third kappa shape index (κ3) is 2.17. The molecule has 0 radical (unpaired) electrons. The molecule has 1 amide bonds. The van der Waals surface area contributed by atoms with Crippen molar-refractivity contribution in [2.24, 2.45) is 14.1 Å². The fourth-order valence-corrected chi connectivity index (χ4v) is 2.57. The molecule has 112 valence electrons. The van der Waals surface area contributed by atoms with E-state index in [4.69, 9.17) is 11.6 Å². The molecule has 1 aliphatic heterocycles. The van der Waals surface area contributed by atoms with Gasteiger partial charge in [0.15, 0.2) is 0 Å². The second-order valence-corrected chi connectivity index (χ2v) is 5.48. The SMILES string of the molecule is Cn1cc(C=C2C(=O)Nc3cc(Cl)ccc32)c(=O)n(C)c1=O. The number of carbonyl (C=O) groups excluding carboxylic acids is 1. The van der Waals surface area contributed by atoms with E-state index in [2.05, 4.69) is 5.32 Å². The van der Waals surface area contributed by atoms with Gasteiger partial charge in [-0.3, -0.25) is 14.2 Å². The van der Waals surface area contributed by atoms with E-state index in [0.717, 1.165) is 4.57 Å². The quantitative estimate of drug-likeness (QED) is 0.804. The fourth-order valence-electron chi connectivity index (χ4n) is 2.40. The van der Waals surface area contributed by atoms with Gasteiger partial charge >= 0.3 is 5.69 Å². The summed E-state index contributed by atoms with van der Waals surface area (Å²) in [7, 11) is 2.95. The van der Waals surface area contributed by atoms with Crippen molar-refractivity contribution in [1.82, 2.24) is 9.13 Å². The van der Waals surface area contributed by atoms with Crippen LogP contribution in [0.1, 0.15) is 11.1 Å². The number of fused-ring (bicyclic) bond motifs is 1. The van der Waals surface area contributed by atoms with Crippen molar-refractivity contribution in [1.29, 1.82) is 0 Å². The number of nitrogens with one attached hydrogen (secondary N) is 1. The molecule has 3 rings (SSSR count). The minimum Gasteiger partial charge on any atom is -0.321 e. The summed E-state index contributed by atoms with van der Waals surface area (Å²) in [5, 5.41) is 3.21. The second kappa shape index (κ2) is 4.99. The Bertz CT molecular complexity index is 953. The third-order valence-corrected chi connectivity index (χ3v) is 3.77. The van der Waals surface area contributed by atoms with Gasteiger partial charge in [-0.25, -0.2) is 4.79 Å². The number of benzene rings is 1. The number of anilines is 1. The van der Waals surface area contributed by atoms with Crippen molar-refractivity contribution >= 4 is 34.8 Å². The van der Waals surface area contributed by atoms with Gasteiger partial charge in [0.1, 0.15) is 0 Å². The van der Waals surface area contributed by atoms with Gasteiger partial charge in [0.05, 0.1) is 11.3 Å². The summed E-state index contributed by atoms with van der Waals surface area (Å²) in [6.45, 7) is 0. The molecule has 6 nitrogen and oxygen atoms in total. The van der Waals surface area contributed by atoms with E-state index in [1.807, 2.05) is 0 Å². The first kappa shape index (κ1) is 14.3. The number of nitrogens with zero attached hydrogens (tertiary/aromatic N) is 2. The van der Waals surface area contributed by atoms with Crippen LogP contribution in [0.15, 0.2) is 34.0 Å². The first-order valence-electron chi connectivity index (χ1n) is 6.48. The van der Waals surface area contributed by atoms with Crippen LogP contribution >= 0.6 is 11.6 Å². The second-order valence-electron chi connectivity index (χ2n) is 5.04. The van der Waals surface area contributed by atoms with E-state index < -0.39 is 11.2 Å². The van der Waals surface area contributed by atoms with E-state index in [9.17, 15) is 14.4 Å². The monoisotopic (exact) mass is 317 g/mol. The van der Waals surface area contributed by atoms with Crippen LogP contribution in [-0.4, -0.2) is 15.0 Å². The molecule has 0 saturated carbocycles. The minimum absolute atomic E-state index is 0.262. The number of aromatic nitrogens is 2. The van der Waals surface area contributed by atoms with Crippen LogP contribution in [0.5, 0.6) is 0 Å². The number of hydrogen-bond donors (Lipinski definition) is 1. The van der Waals surface area contributed by atoms with E-state index in [1.54, 1.807) is 25.2 Å². The maximum Gasteiger partial charge on any atom is 0.330 e. The first-order chi connectivity index (χ1) is 10.4. The molecule has 1 aliphatic rings. The van der Waals surface area contributed by atoms with E-state index in [0.29, 0.717) is 21.8 Å². The number of rotatable bonds is 1. The van der Waals surface area contributed by atoms with Crippen LogP contribution in [0.2, 0.25) is 5.02 Å². The van der Waals surface area contributed by atoms with E-state index in [-0.39, 0.29) is 11.5 Å². The lowest BCUT2D eigenvalue weighted by molar-refractivity contribution is -0.110. The van der Waals surface area contributed by atoms with Gasteiger partial charge in [0.25, 0.3) is 11.5 Å². The summed E-state index contributed by atoms with van der Waals surface area (Å²) >= 11 is 5.90. The maximum atomic E-state index is 12.2. The summed E-state index contributed by atoms with van der Waals surface area (Å²) in [5.41, 5.74) is 1.02. The molecule has 1 N–H and O–H groups in total. The molecule has 0 saturated heterocycles. The summed E-state index contributed by atoms with van der Waals surface area (Å²) in [4.78, 5) is 35.9. The molecule has 0 bridgehead atoms. The minimum atomic E-state index is -0.453. The molecule has 1 aromatic heterocycles. The Morgan fingerprint density at radius 3 is 2.64 bits per heavy atom. The zero-order valence-corrected chi connectivity index (χ0v) is 12.6. The van der Waals surface area contributed by atoms with Crippen LogP contribution in [-0.2, 0) is 18.9 Å². The number of halogens is 1. The summed E-state index contributed by atoms with van der Waals surface area (Å²) in [6.07, 6.45) is 2.90. The Morgan fingerprint density at radius 2 is 1.91 bits per heavy atom. The van der Waals surface area contributed by atoms with Gasteiger partial charge in [0, 0.05) is 36.5 Å². The lowest BCUT2D eigenvalue weighted by atomic mass is 10.1.